The van der Waals surface area contributed by atoms with Gasteiger partial charge in [0.25, 0.3) is 0 Å². The SMILES string of the molecule is O=Cc1cc(S(=O)F)ccc1Cl. The minimum atomic E-state index is -2.57. The number of hydrogen-bond donors (Lipinski definition) is 0. The fourth-order valence-corrected chi connectivity index (χ4v) is 1.27. The molecule has 0 aliphatic carbocycles. The maximum atomic E-state index is 12.2. The van der Waals surface area contributed by atoms with Gasteiger partial charge in [-0.05, 0) is 18.2 Å². The maximum Gasteiger partial charge on any atom is 0.231 e. The van der Waals surface area contributed by atoms with E-state index in [1.165, 1.54) is 12.1 Å². The Morgan fingerprint density at radius 1 is 1.50 bits per heavy atom. The average Bonchev–Trinajstić information content (AvgIpc) is 2.05. The van der Waals surface area contributed by atoms with Gasteiger partial charge in [0, 0.05) is 5.56 Å². The molecule has 1 rings (SSSR count). The number of aldehydes is 1. The summed E-state index contributed by atoms with van der Waals surface area (Å²) in [6.07, 6.45) is 0.485. The van der Waals surface area contributed by atoms with Crippen LogP contribution in [0.15, 0.2) is 23.1 Å². The first-order chi connectivity index (χ1) is 5.65. The Hall–Kier alpha value is -0.740. The molecule has 0 spiro atoms. The summed E-state index contributed by atoms with van der Waals surface area (Å²) in [4.78, 5) is 10.2. The molecule has 5 heteroatoms. The molecular formula is C7H4ClFO2S. The molecule has 0 fully saturated rings. The molecule has 1 unspecified atom stereocenters. The fourth-order valence-electron chi connectivity index (χ4n) is 0.712. The van der Waals surface area contributed by atoms with Gasteiger partial charge in [-0.3, -0.25) is 4.79 Å². The van der Waals surface area contributed by atoms with Gasteiger partial charge < -0.3 is 0 Å². The van der Waals surface area contributed by atoms with Crippen LogP contribution in [-0.2, 0) is 11.2 Å². The third-order valence-corrected chi connectivity index (χ3v) is 2.25. The third-order valence-electron chi connectivity index (χ3n) is 1.28. The predicted molar refractivity (Wildman–Crippen MR) is 44.4 cm³/mol. The van der Waals surface area contributed by atoms with E-state index in [-0.39, 0.29) is 15.5 Å². The van der Waals surface area contributed by atoms with Crippen LogP contribution in [0.2, 0.25) is 5.02 Å². The molecule has 1 atom stereocenters. The van der Waals surface area contributed by atoms with Crippen LogP contribution in [0.5, 0.6) is 0 Å². The predicted octanol–water partition coefficient (Wildman–Crippen LogP) is 2.14. The zero-order chi connectivity index (χ0) is 9.14. The van der Waals surface area contributed by atoms with E-state index in [9.17, 15) is 12.9 Å². The lowest BCUT2D eigenvalue weighted by Crippen LogP contribution is -1.87. The molecule has 1 aromatic rings. The molecule has 0 radical (unpaired) electrons. The van der Waals surface area contributed by atoms with Gasteiger partial charge in [0.05, 0.1) is 9.92 Å². The van der Waals surface area contributed by atoms with Crippen LogP contribution >= 0.6 is 11.6 Å². The second-order valence-corrected chi connectivity index (χ2v) is 3.35. The van der Waals surface area contributed by atoms with E-state index in [4.69, 9.17) is 11.6 Å². The van der Waals surface area contributed by atoms with Crippen LogP contribution in [0, 0.1) is 0 Å². The van der Waals surface area contributed by atoms with E-state index in [0.717, 1.165) is 6.07 Å². The van der Waals surface area contributed by atoms with E-state index in [1.54, 1.807) is 0 Å². The van der Waals surface area contributed by atoms with Gasteiger partial charge >= 0.3 is 0 Å². The Bertz CT molecular complexity index is 340. The van der Waals surface area contributed by atoms with Crippen LogP contribution in [0.25, 0.3) is 0 Å². The molecule has 0 N–H and O–H groups in total. The Kier molecular flexibility index (Phi) is 2.94. The summed E-state index contributed by atoms with van der Waals surface area (Å²) >= 11 is 2.98. The minimum Gasteiger partial charge on any atom is -0.298 e. The molecule has 0 aliphatic heterocycles. The van der Waals surface area contributed by atoms with Gasteiger partial charge in [-0.25, -0.2) is 4.21 Å². The molecule has 1 aromatic carbocycles. The molecule has 2 nitrogen and oxygen atoms in total. The first kappa shape index (κ1) is 9.35. The summed E-state index contributed by atoms with van der Waals surface area (Å²) < 4.78 is 22.5. The van der Waals surface area contributed by atoms with E-state index in [2.05, 4.69) is 0 Å². The molecule has 0 aliphatic rings. The minimum absolute atomic E-state index is 0.0542. The largest absolute Gasteiger partial charge is 0.298 e. The number of halogens is 2. The monoisotopic (exact) mass is 206 g/mol. The lowest BCUT2D eigenvalue weighted by molar-refractivity contribution is 0.112. The molecular weight excluding hydrogens is 203 g/mol. The number of benzene rings is 1. The lowest BCUT2D eigenvalue weighted by Gasteiger charge is -1.96. The average molecular weight is 207 g/mol. The summed E-state index contributed by atoms with van der Waals surface area (Å²) in [5.74, 6) is 0. The Morgan fingerprint density at radius 3 is 2.67 bits per heavy atom. The molecule has 0 bridgehead atoms. The van der Waals surface area contributed by atoms with Crippen molar-refractivity contribution < 1.29 is 12.9 Å². The van der Waals surface area contributed by atoms with Crippen LogP contribution in [0.4, 0.5) is 3.89 Å². The summed E-state index contributed by atoms with van der Waals surface area (Å²) in [6, 6.07) is 3.76. The van der Waals surface area contributed by atoms with Crippen molar-refractivity contribution in [2.45, 2.75) is 4.90 Å². The number of carbonyl (C=O) groups is 1. The second-order valence-electron chi connectivity index (χ2n) is 2.02. The highest BCUT2D eigenvalue weighted by molar-refractivity contribution is 7.79. The number of hydrogen-bond acceptors (Lipinski definition) is 2. The van der Waals surface area contributed by atoms with Gasteiger partial charge in [-0.1, -0.05) is 11.6 Å². The highest BCUT2D eigenvalue weighted by Crippen LogP contribution is 2.18. The van der Waals surface area contributed by atoms with Crippen LogP contribution in [0.1, 0.15) is 10.4 Å². The first-order valence-electron chi connectivity index (χ1n) is 2.98. The van der Waals surface area contributed by atoms with Gasteiger partial charge in [-0.2, -0.15) is 0 Å². The van der Waals surface area contributed by atoms with Gasteiger partial charge in [-0.15, -0.1) is 3.89 Å². The number of rotatable bonds is 2. The van der Waals surface area contributed by atoms with Gasteiger partial charge in [0.1, 0.15) is 0 Å². The fraction of sp³-hybridized carbons (Fsp3) is 0. The van der Waals surface area contributed by atoms with Crippen molar-refractivity contribution in [2.24, 2.45) is 0 Å². The maximum absolute atomic E-state index is 12.2. The lowest BCUT2D eigenvalue weighted by atomic mass is 10.2. The zero-order valence-electron chi connectivity index (χ0n) is 5.79. The number of carbonyl (C=O) groups excluding carboxylic acids is 1. The van der Waals surface area contributed by atoms with Crippen molar-refractivity contribution in [3.8, 4) is 0 Å². The van der Waals surface area contributed by atoms with E-state index in [1.807, 2.05) is 0 Å². The Morgan fingerprint density at radius 2 is 2.17 bits per heavy atom. The van der Waals surface area contributed by atoms with Crippen molar-refractivity contribution in [1.82, 2.24) is 0 Å². The smallest absolute Gasteiger partial charge is 0.231 e. The molecule has 12 heavy (non-hydrogen) atoms. The molecule has 0 amide bonds. The highest BCUT2D eigenvalue weighted by atomic mass is 35.5. The molecule has 64 valence electrons. The van der Waals surface area contributed by atoms with E-state index in [0.29, 0.717) is 6.29 Å². The Labute approximate surface area is 76.1 Å². The molecule has 0 aromatic heterocycles. The van der Waals surface area contributed by atoms with E-state index >= 15 is 0 Å². The topological polar surface area (TPSA) is 34.1 Å². The van der Waals surface area contributed by atoms with Crippen molar-refractivity contribution in [1.29, 1.82) is 0 Å². The first-order valence-corrected chi connectivity index (χ1v) is 4.40. The normalized spacial score (nSPS) is 12.5. The Balaban J connectivity index is 3.22. The quantitative estimate of drug-likeness (QED) is 0.549. The van der Waals surface area contributed by atoms with Crippen molar-refractivity contribution in [3.63, 3.8) is 0 Å². The van der Waals surface area contributed by atoms with Crippen LogP contribution in [-0.4, -0.2) is 10.5 Å². The third kappa shape index (κ3) is 1.89. The zero-order valence-corrected chi connectivity index (χ0v) is 7.36. The molecule has 0 heterocycles. The molecule has 0 saturated carbocycles. The summed E-state index contributed by atoms with van der Waals surface area (Å²) in [5, 5.41) is 0.221. The standard InChI is InChI=1S/C7H4ClFO2S/c8-7-2-1-6(12(9)11)3-5(7)4-10/h1-4H. The van der Waals surface area contributed by atoms with Gasteiger partial charge in [0.15, 0.2) is 6.29 Å². The molecule has 0 saturated heterocycles. The van der Waals surface area contributed by atoms with Crippen molar-refractivity contribution in [3.05, 3.63) is 28.8 Å². The van der Waals surface area contributed by atoms with Crippen molar-refractivity contribution >= 4 is 29.1 Å². The highest BCUT2D eigenvalue weighted by Gasteiger charge is 2.05. The van der Waals surface area contributed by atoms with Crippen molar-refractivity contribution in [2.75, 3.05) is 0 Å². The second kappa shape index (κ2) is 3.78. The van der Waals surface area contributed by atoms with E-state index < -0.39 is 11.2 Å². The summed E-state index contributed by atoms with van der Waals surface area (Å²) in [5.41, 5.74) is 0.139. The van der Waals surface area contributed by atoms with Gasteiger partial charge in [0.2, 0.25) is 11.2 Å². The summed E-state index contributed by atoms with van der Waals surface area (Å²) in [6.45, 7) is 0. The van der Waals surface area contributed by atoms with Crippen LogP contribution in [0.3, 0.4) is 0 Å². The van der Waals surface area contributed by atoms with Crippen LogP contribution < -0.4 is 0 Å². The summed E-state index contributed by atoms with van der Waals surface area (Å²) in [7, 11) is 0.